The third-order valence-corrected chi connectivity index (χ3v) is 5.89. The summed E-state index contributed by atoms with van der Waals surface area (Å²) in [5, 5.41) is 4.51. The van der Waals surface area contributed by atoms with Crippen molar-refractivity contribution in [1.29, 1.82) is 0 Å². The molecule has 1 atom stereocenters. The van der Waals surface area contributed by atoms with Crippen LogP contribution in [0.15, 0.2) is 47.3 Å². The first-order valence-electron chi connectivity index (χ1n) is 9.98. The largest absolute Gasteiger partial charge is 0.497 e. The highest BCUT2D eigenvalue weighted by Gasteiger charge is 2.37. The molecule has 5 rings (SSSR count). The van der Waals surface area contributed by atoms with Crippen LogP contribution in [-0.2, 0) is 6.42 Å². The molecule has 6 nitrogen and oxygen atoms in total. The lowest BCUT2D eigenvalue weighted by molar-refractivity contribution is 0.0621. The van der Waals surface area contributed by atoms with Crippen molar-refractivity contribution in [2.24, 2.45) is 0 Å². The van der Waals surface area contributed by atoms with Crippen LogP contribution < -0.4 is 15.2 Å². The predicted octanol–water partition coefficient (Wildman–Crippen LogP) is 3.65. The molecule has 1 aliphatic heterocycles. The van der Waals surface area contributed by atoms with Crippen molar-refractivity contribution >= 4 is 0 Å². The molecule has 1 aromatic heterocycles. The first-order chi connectivity index (χ1) is 14.5. The van der Waals surface area contributed by atoms with Crippen molar-refractivity contribution in [2.75, 3.05) is 7.11 Å². The second-order valence-corrected chi connectivity index (χ2v) is 7.81. The Morgan fingerprint density at radius 2 is 1.80 bits per heavy atom. The normalized spacial score (nSPS) is 22.4. The van der Waals surface area contributed by atoms with Gasteiger partial charge in [0.15, 0.2) is 0 Å². The van der Waals surface area contributed by atoms with Crippen LogP contribution in [0.5, 0.6) is 11.5 Å². The van der Waals surface area contributed by atoms with Gasteiger partial charge in [0, 0.05) is 31.4 Å². The lowest BCUT2D eigenvalue weighted by atomic mass is 9.89. The van der Waals surface area contributed by atoms with Crippen LogP contribution in [0, 0.1) is 11.6 Å². The van der Waals surface area contributed by atoms with Gasteiger partial charge in [0.1, 0.15) is 35.1 Å². The molecule has 1 aliphatic carbocycles. The Morgan fingerprint density at radius 3 is 2.53 bits per heavy atom. The minimum absolute atomic E-state index is 0.00124. The average Bonchev–Trinajstić information content (AvgIpc) is 3.24. The standard InChI is InChI=1S/C22H21F2N3O3/c1-29-17-3-2-4-18(12-17)30-19-10-16(11-19)27-22(28)26-20(5-6-21(26)25-27)13-7-14(23)9-15(24)8-13/h2-4,7-9,12,16,19-20H,5-6,10-11H2,1H3/t16-,19-,20-/m0/s1. The molecule has 0 unspecified atom stereocenters. The number of halogens is 2. The molecular weight excluding hydrogens is 392 g/mol. The summed E-state index contributed by atoms with van der Waals surface area (Å²) in [6.07, 6.45) is 2.55. The number of methoxy groups -OCH3 is 1. The first kappa shape index (κ1) is 18.8. The summed E-state index contributed by atoms with van der Waals surface area (Å²) in [4.78, 5) is 13.0. The van der Waals surface area contributed by atoms with E-state index in [1.165, 1.54) is 16.8 Å². The van der Waals surface area contributed by atoms with Crippen LogP contribution in [0.2, 0.25) is 0 Å². The van der Waals surface area contributed by atoms with Gasteiger partial charge in [-0.1, -0.05) is 6.07 Å². The summed E-state index contributed by atoms with van der Waals surface area (Å²) in [6, 6.07) is 10.4. The quantitative estimate of drug-likeness (QED) is 0.641. The first-order valence-corrected chi connectivity index (χ1v) is 9.98. The Hall–Kier alpha value is -3.16. The molecule has 0 radical (unpaired) electrons. The van der Waals surface area contributed by atoms with E-state index in [2.05, 4.69) is 5.10 Å². The van der Waals surface area contributed by atoms with E-state index in [1.54, 1.807) is 11.7 Å². The van der Waals surface area contributed by atoms with Gasteiger partial charge in [-0.05, 0) is 36.2 Å². The van der Waals surface area contributed by atoms with Gasteiger partial charge in [-0.15, -0.1) is 0 Å². The number of fused-ring (bicyclic) bond motifs is 1. The van der Waals surface area contributed by atoms with Crippen LogP contribution in [0.4, 0.5) is 8.78 Å². The molecule has 2 heterocycles. The van der Waals surface area contributed by atoms with E-state index >= 15 is 0 Å². The second kappa shape index (κ2) is 7.27. The number of ether oxygens (including phenoxy) is 2. The van der Waals surface area contributed by atoms with Gasteiger partial charge in [-0.3, -0.25) is 4.57 Å². The van der Waals surface area contributed by atoms with Gasteiger partial charge < -0.3 is 9.47 Å². The maximum absolute atomic E-state index is 13.7. The third kappa shape index (κ3) is 3.26. The smallest absolute Gasteiger partial charge is 0.346 e. The summed E-state index contributed by atoms with van der Waals surface area (Å²) < 4.78 is 41.6. The molecule has 0 saturated heterocycles. The van der Waals surface area contributed by atoms with Gasteiger partial charge in [0.05, 0.1) is 19.2 Å². The lowest BCUT2D eigenvalue weighted by Crippen LogP contribution is -2.41. The molecule has 2 aliphatic rings. The maximum Gasteiger partial charge on any atom is 0.346 e. The predicted molar refractivity (Wildman–Crippen MR) is 105 cm³/mol. The van der Waals surface area contributed by atoms with Crippen molar-refractivity contribution in [2.45, 2.75) is 43.9 Å². The molecule has 156 valence electrons. The van der Waals surface area contributed by atoms with E-state index in [0.717, 1.165) is 17.6 Å². The van der Waals surface area contributed by atoms with Gasteiger partial charge in [0.25, 0.3) is 0 Å². The van der Waals surface area contributed by atoms with Gasteiger partial charge >= 0.3 is 5.69 Å². The average molecular weight is 413 g/mol. The topological polar surface area (TPSA) is 58.3 Å². The Labute approximate surface area is 171 Å². The van der Waals surface area contributed by atoms with Crippen LogP contribution in [0.3, 0.4) is 0 Å². The van der Waals surface area contributed by atoms with Crippen molar-refractivity contribution in [3.63, 3.8) is 0 Å². The molecule has 0 N–H and O–H groups in total. The fourth-order valence-corrected chi connectivity index (χ4v) is 4.34. The fourth-order valence-electron chi connectivity index (χ4n) is 4.34. The Morgan fingerprint density at radius 1 is 1.07 bits per heavy atom. The zero-order valence-electron chi connectivity index (χ0n) is 16.4. The van der Waals surface area contributed by atoms with E-state index in [9.17, 15) is 13.6 Å². The van der Waals surface area contributed by atoms with Crippen molar-refractivity contribution < 1.29 is 18.3 Å². The molecule has 3 aromatic rings. The number of aryl methyl sites for hydroxylation is 1. The van der Waals surface area contributed by atoms with Crippen LogP contribution in [0.25, 0.3) is 0 Å². The summed E-state index contributed by atoms with van der Waals surface area (Å²) in [7, 11) is 1.61. The van der Waals surface area contributed by atoms with Gasteiger partial charge in [-0.2, -0.15) is 5.10 Å². The van der Waals surface area contributed by atoms with Crippen molar-refractivity contribution in [3.05, 3.63) is 76.0 Å². The lowest BCUT2D eigenvalue weighted by Gasteiger charge is -2.34. The van der Waals surface area contributed by atoms with E-state index in [0.29, 0.717) is 37.1 Å². The van der Waals surface area contributed by atoms with Crippen LogP contribution in [0.1, 0.15) is 42.7 Å². The zero-order valence-corrected chi connectivity index (χ0v) is 16.4. The van der Waals surface area contributed by atoms with Gasteiger partial charge in [0.2, 0.25) is 0 Å². The monoisotopic (exact) mass is 413 g/mol. The summed E-state index contributed by atoms with van der Waals surface area (Å²) in [5.74, 6) is 0.827. The highest BCUT2D eigenvalue weighted by Crippen LogP contribution is 2.36. The number of rotatable bonds is 5. The molecular formula is C22H21F2N3O3. The molecule has 0 spiro atoms. The Kier molecular flexibility index (Phi) is 4.56. The second-order valence-electron chi connectivity index (χ2n) is 7.81. The molecule has 0 bridgehead atoms. The number of aromatic nitrogens is 3. The highest BCUT2D eigenvalue weighted by atomic mass is 19.1. The van der Waals surface area contributed by atoms with Crippen molar-refractivity contribution in [1.82, 2.24) is 14.3 Å². The van der Waals surface area contributed by atoms with E-state index in [4.69, 9.17) is 9.47 Å². The molecule has 1 fully saturated rings. The van der Waals surface area contributed by atoms with Crippen LogP contribution >= 0.6 is 0 Å². The van der Waals surface area contributed by atoms with E-state index in [-0.39, 0.29) is 17.8 Å². The minimum atomic E-state index is -0.643. The minimum Gasteiger partial charge on any atom is -0.497 e. The Bertz CT molecular complexity index is 1130. The number of hydrogen-bond donors (Lipinski definition) is 0. The Balaban J connectivity index is 1.32. The molecule has 2 aromatic carbocycles. The molecule has 1 saturated carbocycles. The summed E-state index contributed by atoms with van der Waals surface area (Å²) in [6.45, 7) is 0. The highest BCUT2D eigenvalue weighted by molar-refractivity contribution is 5.33. The van der Waals surface area contributed by atoms with E-state index < -0.39 is 17.7 Å². The summed E-state index contributed by atoms with van der Waals surface area (Å²) >= 11 is 0. The number of benzene rings is 2. The SMILES string of the molecule is COc1cccc(O[C@H]2C[C@H](n3nc4n(c3=O)[C@H](c3cc(F)cc(F)c3)CC4)C2)c1. The third-order valence-electron chi connectivity index (χ3n) is 5.89. The molecule has 8 heteroatoms. The number of nitrogens with zero attached hydrogens (tertiary/aromatic N) is 3. The van der Waals surface area contributed by atoms with E-state index in [1.807, 2.05) is 24.3 Å². The summed E-state index contributed by atoms with van der Waals surface area (Å²) in [5.41, 5.74) is 0.225. The molecule has 0 amide bonds. The molecule has 30 heavy (non-hydrogen) atoms. The maximum atomic E-state index is 13.7. The zero-order chi connectivity index (χ0) is 20.8. The number of hydrogen-bond acceptors (Lipinski definition) is 4. The van der Waals surface area contributed by atoms with Gasteiger partial charge in [-0.25, -0.2) is 18.3 Å². The van der Waals surface area contributed by atoms with Crippen molar-refractivity contribution in [3.8, 4) is 11.5 Å². The fraction of sp³-hybridized carbons (Fsp3) is 0.364. The van der Waals surface area contributed by atoms with Crippen LogP contribution in [-0.4, -0.2) is 27.6 Å².